The van der Waals surface area contributed by atoms with Crippen molar-refractivity contribution < 1.29 is 19.6 Å². The third-order valence-electron chi connectivity index (χ3n) is 3.26. The van der Waals surface area contributed by atoms with Crippen LogP contribution in [0.5, 0.6) is 5.75 Å². The predicted molar refractivity (Wildman–Crippen MR) is 81.2 cm³/mol. The first-order valence-corrected chi connectivity index (χ1v) is 6.59. The monoisotopic (exact) mass is 331 g/mol. The number of ether oxygens (including phenoxy) is 1. The highest BCUT2D eigenvalue weighted by molar-refractivity contribution is 5.85. The molecular weight excluding hydrogens is 314 g/mol. The molecule has 3 N–H and O–H groups in total. The van der Waals surface area contributed by atoms with Gasteiger partial charge in [0.15, 0.2) is 6.61 Å². The van der Waals surface area contributed by atoms with Crippen LogP contribution in [0, 0.1) is 16.0 Å². The molecule has 1 heterocycles. The van der Waals surface area contributed by atoms with Gasteiger partial charge in [0.25, 0.3) is 11.6 Å². The van der Waals surface area contributed by atoms with E-state index in [0.29, 0.717) is 19.6 Å². The zero-order chi connectivity index (χ0) is 15.2. The Balaban J connectivity index is 0.00000242. The highest BCUT2D eigenvalue weighted by Crippen LogP contribution is 2.18. The van der Waals surface area contributed by atoms with Gasteiger partial charge in [0.2, 0.25) is 0 Å². The van der Waals surface area contributed by atoms with Gasteiger partial charge >= 0.3 is 0 Å². The molecule has 0 spiro atoms. The molecule has 22 heavy (non-hydrogen) atoms. The number of nitrogens with zero attached hydrogens (tertiary/aromatic N) is 1. The summed E-state index contributed by atoms with van der Waals surface area (Å²) in [6.45, 7) is 1.33. The second-order valence-electron chi connectivity index (χ2n) is 4.83. The third kappa shape index (κ3) is 5.14. The lowest BCUT2D eigenvalue weighted by atomic mass is 10.1. The predicted octanol–water partition coefficient (Wildman–Crippen LogP) is 0.0919. The van der Waals surface area contributed by atoms with Crippen molar-refractivity contribution in [1.29, 1.82) is 0 Å². The Morgan fingerprint density at radius 2 is 2.27 bits per heavy atom. The summed E-state index contributed by atoms with van der Waals surface area (Å²) >= 11 is 0. The first-order valence-electron chi connectivity index (χ1n) is 6.59. The van der Waals surface area contributed by atoms with Crippen LogP contribution in [-0.4, -0.2) is 48.3 Å². The van der Waals surface area contributed by atoms with Crippen molar-refractivity contribution in [3.05, 3.63) is 34.4 Å². The lowest BCUT2D eigenvalue weighted by Crippen LogP contribution is -2.36. The molecule has 0 aromatic heterocycles. The minimum atomic E-state index is -0.526. The number of nitro benzene ring substituents is 1. The second-order valence-corrected chi connectivity index (χ2v) is 4.83. The van der Waals surface area contributed by atoms with Crippen LogP contribution in [0.3, 0.4) is 0 Å². The SMILES string of the molecule is Cl.O=C(COc1cccc([N+](=O)[O-])c1)NCC1CNCC1O. The second kappa shape index (κ2) is 8.52. The number of nitro groups is 1. The molecule has 122 valence electrons. The summed E-state index contributed by atoms with van der Waals surface area (Å²) in [6.07, 6.45) is -0.456. The van der Waals surface area contributed by atoms with Crippen LogP contribution in [0.1, 0.15) is 0 Å². The van der Waals surface area contributed by atoms with Gasteiger partial charge in [-0.3, -0.25) is 14.9 Å². The molecule has 2 unspecified atom stereocenters. The molecule has 0 bridgehead atoms. The maximum absolute atomic E-state index is 11.6. The fraction of sp³-hybridized carbons (Fsp3) is 0.462. The summed E-state index contributed by atoms with van der Waals surface area (Å²) in [7, 11) is 0. The van der Waals surface area contributed by atoms with E-state index in [1.54, 1.807) is 6.07 Å². The number of non-ortho nitro benzene ring substituents is 1. The molecule has 1 fully saturated rings. The number of halogens is 1. The number of nitrogens with one attached hydrogen (secondary N) is 2. The van der Waals surface area contributed by atoms with E-state index in [0.717, 1.165) is 0 Å². The van der Waals surface area contributed by atoms with Crippen LogP contribution < -0.4 is 15.4 Å². The standard InChI is InChI=1S/C13H17N3O5.ClH/c17-12-7-14-5-9(12)6-15-13(18)8-21-11-3-1-2-10(4-11)16(19)20;/h1-4,9,12,14,17H,5-8H2,(H,15,18);1H. The number of hydrogen-bond donors (Lipinski definition) is 3. The van der Waals surface area contributed by atoms with Crippen LogP contribution in [0.25, 0.3) is 0 Å². The van der Waals surface area contributed by atoms with E-state index in [4.69, 9.17) is 4.74 Å². The Hall–Kier alpha value is -1.90. The molecule has 2 atom stereocenters. The van der Waals surface area contributed by atoms with Crippen LogP contribution >= 0.6 is 12.4 Å². The molecule has 0 aliphatic carbocycles. The van der Waals surface area contributed by atoms with Gasteiger partial charge in [-0.25, -0.2) is 0 Å². The van der Waals surface area contributed by atoms with E-state index >= 15 is 0 Å². The molecule has 1 aliphatic rings. The van der Waals surface area contributed by atoms with Gasteiger partial charge in [0.05, 0.1) is 17.1 Å². The van der Waals surface area contributed by atoms with Crippen LogP contribution in [-0.2, 0) is 4.79 Å². The maximum Gasteiger partial charge on any atom is 0.273 e. The van der Waals surface area contributed by atoms with E-state index in [1.165, 1.54) is 18.2 Å². The number of aliphatic hydroxyl groups excluding tert-OH is 1. The number of rotatable bonds is 6. The van der Waals surface area contributed by atoms with Crippen molar-refractivity contribution in [2.75, 3.05) is 26.2 Å². The van der Waals surface area contributed by atoms with Crippen molar-refractivity contribution >= 4 is 24.0 Å². The molecule has 8 nitrogen and oxygen atoms in total. The molecule has 1 saturated heterocycles. The van der Waals surface area contributed by atoms with Gasteiger partial charge < -0.3 is 20.5 Å². The molecular formula is C13H18ClN3O5. The Morgan fingerprint density at radius 1 is 1.50 bits per heavy atom. The summed E-state index contributed by atoms with van der Waals surface area (Å²) in [6, 6.07) is 5.65. The van der Waals surface area contributed by atoms with E-state index < -0.39 is 11.0 Å². The molecule has 1 aromatic carbocycles. The summed E-state index contributed by atoms with van der Waals surface area (Å²) < 4.78 is 5.21. The van der Waals surface area contributed by atoms with Gasteiger partial charge in [0, 0.05) is 31.6 Å². The molecule has 9 heteroatoms. The fourth-order valence-corrected chi connectivity index (χ4v) is 2.06. The molecule has 0 saturated carbocycles. The molecule has 1 amide bonds. The zero-order valence-electron chi connectivity index (χ0n) is 11.7. The summed E-state index contributed by atoms with van der Waals surface area (Å²) in [5, 5.41) is 25.9. The quantitative estimate of drug-likeness (QED) is 0.503. The van der Waals surface area contributed by atoms with Crippen molar-refractivity contribution in [2.45, 2.75) is 6.10 Å². The minimum Gasteiger partial charge on any atom is -0.484 e. The summed E-state index contributed by atoms with van der Waals surface area (Å²) in [4.78, 5) is 21.7. The normalized spacial score (nSPS) is 20.0. The van der Waals surface area contributed by atoms with Gasteiger partial charge in [-0.05, 0) is 6.07 Å². The maximum atomic E-state index is 11.6. The Kier molecular flexibility index (Phi) is 7.03. The third-order valence-corrected chi connectivity index (χ3v) is 3.26. The summed E-state index contributed by atoms with van der Waals surface area (Å²) in [5.74, 6) is -0.0747. The first kappa shape index (κ1) is 18.1. The topological polar surface area (TPSA) is 114 Å². The number of β-amino-alcohol motifs (C(OH)–C–C–N with tert-alkyl or cyclic N) is 1. The largest absolute Gasteiger partial charge is 0.484 e. The van der Waals surface area contributed by atoms with E-state index in [-0.39, 0.29) is 42.3 Å². The highest BCUT2D eigenvalue weighted by atomic mass is 35.5. The van der Waals surface area contributed by atoms with Gasteiger partial charge in [-0.2, -0.15) is 0 Å². The number of carbonyl (C=O) groups is 1. The Labute approximate surface area is 133 Å². The van der Waals surface area contributed by atoms with Crippen molar-refractivity contribution in [1.82, 2.24) is 10.6 Å². The number of hydrogen-bond acceptors (Lipinski definition) is 6. The number of amides is 1. The summed E-state index contributed by atoms with van der Waals surface area (Å²) in [5.41, 5.74) is -0.0898. The first-order chi connectivity index (χ1) is 10.1. The number of aliphatic hydroxyl groups is 1. The van der Waals surface area contributed by atoms with Crippen molar-refractivity contribution in [3.63, 3.8) is 0 Å². The van der Waals surface area contributed by atoms with Crippen molar-refractivity contribution in [2.24, 2.45) is 5.92 Å². The smallest absolute Gasteiger partial charge is 0.273 e. The minimum absolute atomic E-state index is 0. The molecule has 1 aromatic rings. The van der Waals surface area contributed by atoms with E-state index in [1.807, 2.05) is 0 Å². The zero-order valence-corrected chi connectivity index (χ0v) is 12.5. The number of benzene rings is 1. The Morgan fingerprint density at radius 3 is 2.91 bits per heavy atom. The van der Waals surface area contributed by atoms with E-state index in [9.17, 15) is 20.0 Å². The van der Waals surface area contributed by atoms with Crippen molar-refractivity contribution in [3.8, 4) is 5.75 Å². The number of carbonyl (C=O) groups excluding carboxylic acids is 1. The molecule has 1 aliphatic heterocycles. The fourth-order valence-electron chi connectivity index (χ4n) is 2.06. The van der Waals surface area contributed by atoms with Gasteiger partial charge in [-0.1, -0.05) is 6.07 Å². The average Bonchev–Trinajstić information content (AvgIpc) is 2.88. The van der Waals surface area contributed by atoms with Crippen LogP contribution in [0.15, 0.2) is 24.3 Å². The lowest BCUT2D eigenvalue weighted by Gasteiger charge is -2.14. The highest BCUT2D eigenvalue weighted by Gasteiger charge is 2.24. The van der Waals surface area contributed by atoms with E-state index in [2.05, 4.69) is 10.6 Å². The van der Waals surface area contributed by atoms with Gasteiger partial charge in [-0.15, -0.1) is 12.4 Å². The van der Waals surface area contributed by atoms with Gasteiger partial charge in [0.1, 0.15) is 5.75 Å². The molecule has 0 radical (unpaired) electrons. The average molecular weight is 332 g/mol. The van der Waals surface area contributed by atoms with Crippen LogP contribution in [0.4, 0.5) is 5.69 Å². The van der Waals surface area contributed by atoms with Crippen LogP contribution in [0.2, 0.25) is 0 Å². The molecule has 2 rings (SSSR count). The lowest BCUT2D eigenvalue weighted by molar-refractivity contribution is -0.384. The Bertz CT molecular complexity index is 528.